The number of hydrogen-bond donors (Lipinski definition) is 2. The maximum atomic E-state index is 11.9. The van der Waals surface area contributed by atoms with Crippen LogP contribution in [0.25, 0.3) is 0 Å². The molecule has 0 aromatic heterocycles. The number of nitrogens with one attached hydrogen (secondary N) is 2. The predicted octanol–water partition coefficient (Wildman–Crippen LogP) is 3.19. The van der Waals surface area contributed by atoms with Crippen LogP contribution in [0.5, 0.6) is 5.75 Å². The molecule has 0 fully saturated rings. The van der Waals surface area contributed by atoms with Gasteiger partial charge in [-0.1, -0.05) is 6.92 Å². The first-order valence-electron chi connectivity index (χ1n) is 7.26. The first kappa shape index (κ1) is 16.3. The lowest BCUT2D eigenvalue weighted by Gasteiger charge is -2.18. The monoisotopic (exact) mass is 278 g/mol. The minimum atomic E-state index is -0.263. The normalized spacial score (nSPS) is 13.7. The van der Waals surface area contributed by atoms with Crippen molar-refractivity contribution in [3.05, 3.63) is 24.3 Å². The third-order valence-electron chi connectivity index (χ3n) is 3.00. The number of ether oxygens (including phenoxy) is 1. The molecule has 1 aromatic rings. The van der Waals surface area contributed by atoms with Crippen molar-refractivity contribution in [1.82, 2.24) is 5.32 Å². The number of rotatable bonds is 7. The van der Waals surface area contributed by atoms with Crippen molar-refractivity contribution in [2.75, 3.05) is 5.32 Å². The zero-order valence-electron chi connectivity index (χ0n) is 13.1. The molecule has 0 aliphatic carbocycles. The van der Waals surface area contributed by atoms with E-state index in [2.05, 4.69) is 17.6 Å². The van der Waals surface area contributed by atoms with E-state index in [1.807, 2.05) is 52.0 Å². The van der Waals surface area contributed by atoms with E-state index in [1.54, 1.807) is 0 Å². The van der Waals surface area contributed by atoms with E-state index in [0.29, 0.717) is 0 Å². The van der Waals surface area contributed by atoms with Gasteiger partial charge in [-0.05, 0) is 58.4 Å². The van der Waals surface area contributed by atoms with Gasteiger partial charge in [-0.15, -0.1) is 0 Å². The smallest absolute Gasteiger partial charge is 0.242 e. The Kier molecular flexibility index (Phi) is 6.36. The molecule has 0 saturated carbocycles. The molecule has 112 valence electrons. The Balaban J connectivity index is 2.53. The Labute approximate surface area is 121 Å². The zero-order chi connectivity index (χ0) is 15.1. The lowest BCUT2D eigenvalue weighted by atomic mass is 10.2. The number of anilines is 1. The maximum Gasteiger partial charge on any atom is 0.242 e. The van der Waals surface area contributed by atoms with Crippen LogP contribution < -0.4 is 15.4 Å². The van der Waals surface area contributed by atoms with Gasteiger partial charge in [0, 0.05) is 11.7 Å². The average molecular weight is 278 g/mol. The molecule has 2 atom stereocenters. The van der Waals surface area contributed by atoms with Crippen LogP contribution >= 0.6 is 0 Å². The molecule has 2 unspecified atom stereocenters. The number of carbonyl (C=O) groups is 1. The molecule has 2 N–H and O–H groups in total. The van der Waals surface area contributed by atoms with Gasteiger partial charge in [0.25, 0.3) is 0 Å². The number of carbonyl (C=O) groups excluding carboxylic acids is 1. The van der Waals surface area contributed by atoms with E-state index in [9.17, 15) is 4.79 Å². The van der Waals surface area contributed by atoms with Crippen LogP contribution in [-0.2, 0) is 4.79 Å². The summed E-state index contributed by atoms with van der Waals surface area (Å²) in [6, 6.07) is 7.59. The van der Waals surface area contributed by atoms with Crippen molar-refractivity contribution in [3.63, 3.8) is 0 Å². The SMILES string of the molecule is CCC(C)NC(=O)C(C)Nc1ccc(OC(C)C)cc1. The second-order valence-corrected chi connectivity index (χ2v) is 5.37. The fourth-order valence-electron chi connectivity index (χ4n) is 1.69. The highest BCUT2D eigenvalue weighted by Crippen LogP contribution is 2.17. The molecular weight excluding hydrogens is 252 g/mol. The van der Waals surface area contributed by atoms with Crippen LogP contribution in [0.2, 0.25) is 0 Å². The van der Waals surface area contributed by atoms with Gasteiger partial charge in [0.1, 0.15) is 11.8 Å². The first-order chi connectivity index (χ1) is 9.42. The highest BCUT2D eigenvalue weighted by Gasteiger charge is 2.14. The summed E-state index contributed by atoms with van der Waals surface area (Å²) in [6.07, 6.45) is 1.09. The molecule has 0 saturated heterocycles. The van der Waals surface area contributed by atoms with Crippen molar-refractivity contribution in [1.29, 1.82) is 0 Å². The molecule has 4 nitrogen and oxygen atoms in total. The molecule has 0 aliphatic rings. The molecule has 1 aromatic carbocycles. The van der Waals surface area contributed by atoms with Crippen LogP contribution in [0.3, 0.4) is 0 Å². The highest BCUT2D eigenvalue weighted by atomic mass is 16.5. The largest absolute Gasteiger partial charge is 0.491 e. The van der Waals surface area contributed by atoms with E-state index in [-0.39, 0.29) is 24.1 Å². The van der Waals surface area contributed by atoms with E-state index in [4.69, 9.17) is 4.74 Å². The van der Waals surface area contributed by atoms with Gasteiger partial charge in [0.05, 0.1) is 6.10 Å². The fourth-order valence-corrected chi connectivity index (χ4v) is 1.69. The number of hydrogen-bond acceptors (Lipinski definition) is 3. The fraction of sp³-hybridized carbons (Fsp3) is 0.562. The predicted molar refractivity (Wildman–Crippen MR) is 83.2 cm³/mol. The zero-order valence-corrected chi connectivity index (χ0v) is 13.1. The van der Waals surface area contributed by atoms with Crippen LogP contribution in [-0.4, -0.2) is 24.1 Å². The van der Waals surface area contributed by atoms with Crippen LogP contribution in [0.15, 0.2) is 24.3 Å². The molecule has 0 spiro atoms. The maximum absolute atomic E-state index is 11.9. The molecule has 1 rings (SSSR count). The number of amides is 1. The topological polar surface area (TPSA) is 50.4 Å². The quantitative estimate of drug-likeness (QED) is 0.805. The molecule has 1 amide bonds. The van der Waals surface area contributed by atoms with E-state index < -0.39 is 0 Å². The van der Waals surface area contributed by atoms with Crippen molar-refractivity contribution in [2.45, 2.75) is 59.2 Å². The van der Waals surface area contributed by atoms with Gasteiger partial charge in [-0.3, -0.25) is 4.79 Å². The molecule has 0 radical (unpaired) electrons. The molecule has 0 heterocycles. The Hall–Kier alpha value is -1.71. The molecular formula is C16H26N2O2. The average Bonchev–Trinajstić information content (AvgIpc) is 2.40. The summed E-state index contributed by atoms with van der Waals surface area (Å²) < 4.78 is 5.58. The van der Waals surface area contributed by atoms with Gasteiger partial charge in [0.2, 0.25) is 5.91 Å². The van der Waals surface area contributed by atoms with Gasteiger partial charge < -0.3 is 15.4 Å². The first-order valence-corrected chi connectivity index (χ1v) is 7.26. The lowest BCUT2D eigenvalue weighted by molar-refractivity contribution is -0.122. The Morgan fingerprint density at radius 2 is 1.75 bits per heavy atom. The van der Waals surface area contributed by atoms with Crippen molar-refractivity contribution < 1.29 is 9.53 Å². The summed E-state index contributed by atoms with van der Waals surface area (Å²) in [6.45, 7) is 9.90. The molecule has 0 aliphatic heterocycles. The molecule has 4 heteroatoms. The minimum absolute atomic E-state index is 0.0156. The van der Waals surface area contributed by atoms with Crippen molar-refractivity contribution >= 4 is 11.6 Å². The second-order valence-electron chi connectivity index (χ2n) is 5.37. The minimum Gasteiger partial charge on any atom is -0.491 e. The summed E-state index contributed by atoms with van der Waals surface area (Å²) in [7, 11) is 0. The third kappa shape index (κ3) is 5.51. The van der Waals surface area contributed by atoms with Gasteiger partial charge in [-0.2, -0.15) is 0 Å². The third-order valence-corrected chi connectivity index (χ3v) is 3.00. The Morgan fingerprint density at radius 3 is 2.25 bits per heavy atom. The highest BCUT2D eigenvalue weighted by molar-refractivity contribution is 5.84. The second kappa shape index (κ2) is 7.78. The van der Waals surface area contributed by atoms with E-state index in [0.717, 1.165) is 17.9 Å². The Morgan fingerprint density at radius 1 is 1.15 bits per heavy atom. The number of benzene rings is 1. The van der Waals surface area contributed by atoms with Crippen molar-refractivity contribution in [3.8, 4) is 5.75 Å². The van der Waals surface area contributed by atoms with Crippen LogP contribution in [0.4, 0.5) is 5.69 Å². The van der Waals surface area contributed by atoms with Gasteiger partial charge in [0.15, 0.2) is 0 Å². The summed E-state index contributed by atoms with van der Waals surface area (Å²) in [5, 5.41) is 6.14. The standard InChI is InChI=1S/C16H26N2O2/c1-6-12(4)17-16(19)13(5)18-14-7-9-15(10-8-14)20-11(2)3/h7-13,18H,6H2,1-5H3,(H,17,19). The van der Waals surface area contributed by atoms with E-state index in [1.165, 1.54) is 0 Å². The van der Waals surface area contributed by atoms with Crippen LogP contribution in [0, 0.1) is 0 Å². The van der Waals surface area contributed by atoms with E-state index >= 15 is 0 Å². The summed E-state index contributed by atoms with van der Waals surface area (Å²) >= 11 is 0. The molecule has 20 heavy (non-hydrogen) atoms. The summed E-state index contributed by atoms with van der Waals surface area (Å²) in [4.78, 5) is 11.9. The van der Waals surface area contributed by atoms with Crippen molar-refractivity contribution in [2.24, 2.45) is 0 Å². The lowest BCUT2D eigenvalue weighted by Crippen LogP contribution is -2.41. The molecule has 0 bridgehead atoms. The van der Waals surface area contributed by atoms with Crippen LogP contribution in [0.1, 0.15) is 41.0 Å². The van der Waals surface area contributed by atoms with Gasteiger partial charge >= 0.3 is 0 Å². The summed E-state index contributed by atoms with van der Waals surface area (Å²) in [5.41, 5.74) is 0.910. The van der Waals surface area contributed by atoms with Gasteiger partial charge in [-0.25, -0.2) is 0 Å². The summed E-state index contributed by atoms with van der Waals surface area (Å²) in [5.74, 6) is 0.851. The Bertz CT molecular complexity index is 415.